The minimum absolute atomic E-state index is 0.466. The van der Waals surface area contributed by atoms with E-state index in [1.165, 1.54) is 125 Å². The Morgan fingerprint density at radius 3 is 1.55 bits per heavy atom. The zero-order valence-corrected chi connectivity index (χ0v) is 44.2. The molecule has 0 N–H and O–H groups in total. The lowest BCUT2D eigenvalue weighted by molar-refractivity contribution is 0.722. The maximum atomic E-state index is 2.56. The molecule has 2 nitrogen and oxygen atoms in total. The second-order valence-corrected chi connectivity index (χ2v) is 23.5. The van der Waals surface area contributed by atoms with Gasteiger partial charge < -0.3 is 9.47 Å². The van der Waals surface area contributed by atoms with Crippen molar-refractivity contribution in [2.45, 2.75) is 43.3 Å². The highest BCUT2D eigenvalue weighted by Crippen LogP contribution is 2.66. The minimum Gasteiger partial charge on any atom is -0.313 e. The van der Waals surface area contributed by atoms with Gasteiger partial charge in [0.15, 0.2) is 0 Å². The summed E-state index contributed by atoms with van der Waals surface area (Å²) in [6.45, 7) is 0. The Hall–Kier alpha value is -8.80. The zero-order valence-electron chi connectivity index (χ0n) is 42.5. The second-order valence-electron chi connectivity index (χ2n) is 21.3. The molecule has 0 amide bonds. The molecule has 2 aliphatic heterocycles. The Balaban J connectivity index is 0.894. The fraction of sp³-hybridized carbons (Fsp3) is 0.0541. The minimum atomic E-state index is -0.509. The van der Waals surface area contributed by atoms with Gasteiger partial charge in [0, 0.05) is 58.9 Å². The summed E-state index contributed by atoms with van der Waals surface area (Å²) in [4.78, 5) is 7.79. The van der Waals surface area contributed by atoms with E-state index < -0.39 is 10.8 Å². The molecule has 0 atom stereocenters. The summed E-state index contributed by atoms with van der Waals surface area (Å²) < 4.78 is 2.48. The van der Waals surface area contributed by atoms with Crippen molar-refractivity contribution in [3.05, 3.63) is 317 Å². The number of anilines is 3. The van der Waals surface area contributed by atoms with Crippen LogP contribution in [0.3, 0.4) is 0 Å². The number of benzene rings is 11. The first-order valence-electron chi connectivity index (χ1n) is 27.2. The molecule has 17 rings (SSSR count). The van der Waals surface area contributed by atoms with Crippen LogP contribution in [-0.4, -0.2) is 4.57 Å². The molecule has 0 fully saturated rings. The van der Waals surface area contributed by atoms with Gasteiger partial charge in [-0.2, -0.15) is 0 Å². The number of hydrogen-bond donors (Lipinski definition) is 0. The summed E-state index contributed by atoms with van der Waals surface area (Å²) in [6, 6.07) is 96.6. The molecule has 12 aromatic rings. The third-order valence-electron chi connectivity index (χ3n) is 17.6. The summed E-state index contributed by atoms with van der Waals surface area (Å²) in [5, 5.41) is 1.29. The van der Waals surface area contributed by atoms with E-state index in [1.807, 2.05) is 23.5 Å². The molecule has 0 saturated heterocycles. The number of nitrogens with zero attached hydrogens (tertiary/aromatic N) is 2. The lowest BCUT2D eigenvalue weighted by Gasteiger charge is -2.40. The fourth-order valence-electron chi connectivity index (χ4n) is 14.6. The molecule has 366 valence electrons. The van der Waals surface area contributed by atoms with Crippen molar-refractivity contribution in [1.82, 2.24) is 4.57 Å². The van der Waals surface area contributed by atoms with Crippen molar-refractivity contribution in [3.8, 4) is 39.1 Å². The van der Waals surface area contributed by atoms with E-state index in [9.17, 15) is 0 Å². The van der Waals surface area contributed by atoms with Crippen molar-refractivity contribution in [2.75, 3.05) is 4.90 Å². The Labute approximate surface area is 463 Å². The third-order valence-corrected chi connectivity index (χ3v) is 19.9. The molecule has 11 aromatic carbocycles. The summed E-state index contributed by atoms with van der Waals surface area (Å²) in [7, 11) is 0. The SMILES string of the molecule is C1=Cc2c(n(-c3ccccc3)c3ccc(-c4ccc(N(c5ccc6c(c5)-c5ccccc5C65c6ccccc6Sc6ccccc65)c5cccc6c5-c5ccccc5C65c6ccccc6Sc6ccccc65)cc4)cc23)CC1. The smallest absolute Gasteiger partial charge is 0.0736 e. The fourth-order valence-corrected chi connectivity index (χ4v) is 16.9. The van der Waals surface area contributed by atoms with Crippen molar-refractivity contribution >= 4 is 57.6 Å². The van der Waals surface area contributed by atoms with Gasteiger partial charge in [0.05, 0.1) is 22.0 Å². The van der Waals surface area contributed by atoms with Crippen molar-refractivity contribution < 1.29 is 0 Å². The molecule has 1 aromatic heterocycles. The van der Waals surface area contributed by atoms with Crippen LogP contribution in [0.4, 0.5) is 17.1 Å². The van der Waals surface area contributed by atoms with Gasteiger partial charge in [-0.1, -0.05) is 212 Å². The van der Waals surface area contributed by atoms with Gasteiger partial charge in [0.25, 0.3) is 0 Å². The first kappa shape index (κ1) is 44.3. The molecule has 3 heterocycles. The first-order valence-corrected chi connectivity index (χ1v) is 28.8. The maximum absolute atomic E-state index is 2.56. The number of para-hydroxylation sites is 1. The number of hydrogen-bond acceptors (Lipinski definition) is 3. The van der Waals surface area contributed by atoms with Gasteiger partial charge in [0.2, 0.25) is 0 Å². The van der Waals surface area contributed by atoms with E-state index in [4.69, 9.17) is 0 Å². The summed E-state index contributed by atoms with van der Waals surface area (Å²) in [5.41, 5.74) is 25.8. The monoisotopic (exact) mass is 1030 g/mol. The van der Waals surface area contributed by atoms with Gasteiger partial charge in [-0.25, -0.2) is 0 Å². The molecule has 78 heavy (non-hydrogen) atoms. The van der Waals surface area contributed by atoms with E-state index in [1.54, 1.807) is 0 Å². The van der Waals surface area contributed by atoms with E-state index >= 15 is 0 Å². The van der Waals surface area contributed by atoms with Crippen LogP contribution in [0.1, 0.15) is 62.2 Å². The van der Waals surface area contributed by atoms with E-state index in [0.29, 0.717) is 0 Å². The van der Waals surface area contributed by atoms with E-state index in [-0.39, 0.29) is 0 Å². The third kappa shape index (κ3) is 5.96. The van der Waals surface area contributed by atoms with Crippen LogP contribution >= 0.6 is 23.5 Å². The lowest BCUT2D eigenvalue weighted by Crippen LogP contribution is -2.32. The van der Waals surface area contributed by atoms with Crippen molar-refractivity contribution in [2.24, 2.45) is 0 Å². The molecule has 0 saturated carbocycles. The predicted octanol–water partition coefficient (Wildman–Crippen LogP) is 19.4. The van der Waals surface area contributed by atoms with Crippen LogP contribution in [0.15, 0.2) is 280 Å². The standard InChI is InChI=1S/C74H48N2S2/c1-2-19-49(20-3-1)76-65-31-13-6-22-53(65)56-45-48(39-44-66(56)76)47-37-40-50(41-38-47)75(51-42-43-59-55(46-51)52-21-4-7-24-57(52)73(59)60-26-9-14-33-68(60)77-69-34-15-10-27-61(69)73)67-32-18-30-64-72(67)54-23-5-8-25-58(54)74(64)62-28-11-16-35-70(62)78-71-36-17-12-29-63(71)74/h1-12,14-30,32-46H,13,31H2. The van der Waals surface area contributed by atoms with Crippen LogP contribution in [0.5, 0.6) is 0 Å². The van der Waals surface area contributed by atoms with Gasteiger partial charge in [0.1, 0.15) is 0 Å². The second kappa shape index (κ2) is 16.8. The largest absolute Gasteiger partial charge is 0.313 e. The molecule has 0 unspecified atom stereocenters. The topological polar surface area (TPSA) is 8.17 Å². The van der Waals surface area contributed by atoms with Gasteiger partial charge in [-0.15, -0.1) is 0 Å². The first-order chi connectivity index (χ1) is 38.7. The van der Waals surface area contributed by atoms with Gasteiger partial charge in [-0.05, 0) is 164 Å². The lowest BCUT2D eigenvalue weighted by atomic mass is 9.67. The molecular formula is C74H48N2S2. The van der Waals surface area contributed by atoms with Crippen molar-refractivity contribution in [1.29, 1.82) is 0 Å². The summed E-state index contributed by atoms with van der Waals surface area (Å²) >= 11 is 3.79. The molecule has 0 bridgehead atoms. The van der Waals surface area contributed by atoms with Crippen LogP contribution < -0.4 is 4.90 Å². The quantitative estimate of drug-likeness (QED) is 0.170. The molecule has 2 spiro atoms. The molecule has 5 aliphatic rings. The zero-order chi connectivity index (χ0) is 51.1. The van der Waals surface area contributed by atoms with Crippen LogP contribution in [0, 0.1) is 0 Å². The maximum Gasteiger partial charge on any atom is 0.0736 e. The number of allylic oxidation sites excluding steroid dienone is 1. The Kier molecular flexibility index (Phi) is 9.58. The van der Waals surface area contributed by atoms with Crippen molar-refractivity contribution in [3.63, 3.8) is 0 Å². The highest BCUT2D eigenvalue weighted by Gasteiger charge is 2.52. The average molecular weight is 1030 g/mol. The summed E-state index contributed by atoms with van der Waals surface area (Å²) in [6.07, 6.45) is 6.76. The van der Waals surface area contributed by atoms with E-state index in [0.717, 1.165) is 29.9 Å². The van der Waals surface area contributed by atoms with Gasteiger partial charge >= 0.3 is 0 Å². The number of rotatable bonds is 5. The predicted molar refractivity (Wildman–Crippen MR) is 324 cm³/mol. The molecule has 4 heteroatoms. The molecule has 0 radical (unpaired) electrons. The molecular weight excluding hydrogens is 981 g/mol. The normalized spacial score (nSPS) is 14.9. The van der Waals surface area contributed by atoms with Crippen LogP contribution in [0.25, 0.3) is 56.0 Å². The Morgan fingerprint density at radius 2 is 0.897 bits per heavy atom. The number of aromatic nitrogens is 1. The highest BCUT2D eigenvalue weighted by atomic mass is 32.2. The van der Waals surface area contributed by atoms with Crippen LogP contribution in [-0.2, 0) is 17.3 Å². The average Bonchev–Trinajstić information content (AvgIpc) is 4.14. The summed E-state index contributed by atoms with van der Waals surface area (Å²) in [5.74, 6) is 0. The van der Waals surface area contributed by atoms with E-state index in [2.05, 4.69) is 276 Å². The highest BCUT2D eigenvalue weighted by molar-refractivity contribution is 7.99. The number of fused-ring (bicyclic) bond motifs is 21. The molecule has 3 aliphatic carbocycles. The van der Waals surface area contributed by atoms with Gasteiger partial charge in [-0.3, -0.25) is 0 Å². The Morgan fingerprint density at radius 1 is 0.385 bits per heavy atom. The van der Waals surface area contributed by atoms with Crippen LogP contribution in [0.2, 0.25) is 0 Å². The Bertz CT molecular complexity index is 4430.